The second-order valence-electron chi connectivity index (χ2n) is 32.9. The largest absolute Gasteiger partial charge is 0.428 e. The number of hydrogen-bond acceptors (Lipinski definition) is 18. The summed E-state index contributed by atoms with van der Waals surface area (Å²) in [4.78, 5) is 0. The molecule has 18 aliphatic rings. The van der Waals surface area contributed by atoms with Gasteiger partial charge in [0.2, 0.25) is 0 Å². The maximum atomic E-state index is 15.8. The molecule has 18 saturated heterocycles. The lowest BCUT2D eigenvalue weighted by Crippen LogP contribution is -2.40. The maximum Gasteiger partial charge on any atom is 0.428 e. The topological polar surface area (TPSA) is 58.3 Å². The van der Waals surface area contributed by atoms with Crippen molar-refractivity contribution in [2.24, 2.45) is 0 Å². The van der Waals surface area contributed by atoms with E-state index in [4.69, 9.17) is 0 Å². The van der Waals surface area contributed by atoms with E-state index in [9.17, 15) is 0 Å². The minimum Gasteiger partial charge on any atom is -0.119 e. The first kappa shape index (κ1) is 81.5. The molecule has 0 amide bonds. The molecular formula is C72H144F6N18P6+6. The van der Waals surface area contributed by atoms with Crippen molar-refractivity contribution < 1.29 is 25.2 Å². The van der Waals surface area contributed by atoms with Crippen molar-refractivity contribution in [3.05, 3.63) is 0 Å². The molecule has 0 aromatic carbocycles. The van der Waals surface area contributed by atoms with Gasteiger partial charge in [-0.15, -0.1) is 84.1 Å². The average Bonchev–Trinajstić information content (AvgIpc) is 1.62. The minimum absolute atomic E-state index is 0.983. The first-order chi connectivity index (χ1) is 49.9. The molecule has 0 bridgehead atoms. The van der Waals surface area contributed by atoms with Crippen LogP contribution in [0.1, 0.15) is 231 Å². The van der Waals surface area contributed by atoms with E-state index in [0.29, 0.717) is 0 Å². The molecule has 18 rings (SSSR count). The van der Waals surface area contributed by atoms with E-state index in [1.807, 2.05) is 0 Å². The van der Waals surface area contributed by atoms with Gasteiger partial charge < -0.3 is 0 Å². The van der Waals surface area contributed by atoms with Gasteiger partial charge in [0.05, 0.1) is 0 Å². The summed E-state index contributed by atoms with van der Waals surface area (Å²) in [6, 6.07) is 0. The monoisotopic (exact) mass is 1560 g/mol. The molecule has 0 radical (unpaired) electrons. The summed E-state index contributed by atoms with van der Waals surface area (Å²) in [5, 5.41) is 0. The molecule has 588 valence electrons. The summed E-state index contributed by atoms with van der Waals surface area (Å²) < 4.78 is 134. The van der Waals surface area contributed by atoms with Crippen molar-refractivity contribution >= 4 is 48.2 Å². The molecule has 30 heteroatoms. The third-order valence-electron chi connectivity index (χ3n) is 26.0. The van der Waals surface area contributed by atoms with Crippen molar-refractivity contribution in [3.63, 3.8) is 0 Å². The van der Waals surface area contributed by atoms with Crippen molar-refractivity contribution in [3.8, 4) is 0 Å². The maximum absolute atomic E-state index is 15.8. The third kappa shape index (κ3) is 18.5. The highest BCUT2D eigenvalue weighted by Gasteiger charge is 2.67. The van der Waals surface area contributed by atoms with Gasteiger partial charge in [0.15, 0.2) is 0 Å². The second kappa shape index (κ2) is 39.5. The Balaban J connectivity index is 0.000000109. The summed E-state index contributed by atoms with van der Waals surface area (Å²) in [5.74, 6) is 0. The molecule has 0 atom stereocenters. The van der Waals surface area contributed by atoms with Gasteiger partial charge in [-0.05, 0) is 231 Å². The highest BCUT2D eigenvalue weighted by atomic mass is 31.2. The summed E-state index contributed by atoms with van der Waals surface area (Å²) >= 11 is 0. The first-order valence-electron chi connectivity index (χ1n) is 43.0. The smallest absolute Gasteiger partial charge is 0.119 e. The minimum atomic E-state index is -2.61. The third-order valence-corrected chi connectivity index (χ3v) is 46.1. The van der Waals surface area contributed by atoms with Gasteiger partial charge in [0.1, 0.15) is 0 Å². The normalized spacial score (nSPS) is 29.5. The molecule has 0 saturated carbocycles. The van der Waals surface area contributed by atoms with Gasteiger partial charge in [-0.2, -0.15) is 0 Å². The number of halogens is 6. The van der Waals surface area contributed by atoms with Gasteiger partial charge in [0.25, 0.3) is 0 Å². The number of rotatable bonds is 18. The first-order valence-corrected chi connectivity index (χ1v) is 52.2. The van der Waals surface area contributed by atoms with Crippen LogP contribution in [0.4, 0.5) is 25.2 Å². The second-order valence-corrected chi connectivity index (χ2v) is 49.0. The van der Waals surface area contributed by atoms with Crippen LogP contribution in [0.25, 0.3) is 0 Å². The standard InChI is InChI=1S/6C12H24FN3P/c6*13-17(14-7-1-2-8-14,15-9-3-4-10-15)16-11-5-6-12-16/h6*1-12H2/q6*+1. The Hall–Kier alpha value is 1.44. The Morgan fingerprint density at radius 2 is 0.127 bits per heavy atom. The van der Waals surface area contributed by atoms with E-state index in [1.54, 1.807) is 0 Å². The van der Waals surface area contributed by atoms with E-state index in [-0.39, 0.29) is 0 Å². The SMILES string of the molecule is F[P+](N1CCCC1)(N1CCCC1)N1CCCC1.F[P+](N1CCCC1)(N1CCCC1)N1CCCC1.F[P+](N1CCCC1)(N1CCCC1)N1CCCC1.F[P+](N1CCCC1)(N1CCCC1)N1CCCC1.F[P+](N1CCCC1)(N1CCCC1)N1CCCC1.F[P+](N1CCCC1)(N1CCCC1)N1CCCC1. The lowest BCUT2D eigenvalue weighted by atomic mass is 10.4. The predicted octanol–water partition coefficient (Wildman–Crippen LogP) is 17.5. The molecule has 18 nitrogen and oxygen atoms in total. The van der Waals surface area contributed by atoms with E-state index in [2.05, 4.69) is 84.1 Å². The molecular weight excluding hydrogens is 1420 g/mol. The van der Waals surface area contributed by atoms with Crippen LogP contribution in [0.2, 0.25) is 0 Å². The van der Waals surface area contributed by atoms with Gasteiger partial charge in [-0.3, -0.25) is 0 Å². The molecule has 0 aliphatic carbocycles. The Morgan fingerprint density at radius 1 is 0.0882 bits per heavy atom. The molecule has 18 aliphatic heterocycles. The van der Waals surface area contributed by atoms with Crippen LogP contribution in [0.15, 0.2) is 0 Å². The molecule has 0 unspecified atom stereocenters. The van der Waals surface area contributed by atoms with Gasteiger partial charge >= 0.3 is 48.2 Å². The quantitative estimate of drug-likeness (QED) is 0.0966. The molecule has 0 aromatic heterocycles. The van der Waals surface area contributed by atoms with Crippen LogP contribution in [0.5, 0.6) is 0 Å². The predicted molar refractivity (Wildman–Crippen MR) is 423 cm³/mol. The fraction of sp³-hybridized carbons (Fsp3) is 1.00. The zero-order valence-electron chi connectivity index (χ0n) is 63.9. The van der Waals surface area contributed by atoms with Crippen LogP contribution in [0.3, 0.4) is 0 Å². The van der Waals surface area contributed by atoms with E-state index in [1.165, 1.54) is 231 Å². The fourth-order valence-electron chi connectivity index (χ4n) is 20.4. The van der Waals surface area contributed by atoms with Crippen LogP contribution in [-0.2, 0) is 0 Å². The number of hydrogen-bond donors (Lipinski definition) is 0. The van der Waals surface area contributed by atoms with Crippen molar-refractivity contribution in [1.82, 2.24) is 84.1 Å². The van der Waals surface area contributed by atoms with E-state index < -0.39 is 48.2 Å². The van der Waals surface area contributed by atoms with Crippen molar-refractivity contribution in [1.29, 1.82) is 0 Å². The molecule has 0 spiro atoms. The molecule has 18 heterocycles. The average molecular weight is 1560 g/mol. The Labute approximate surface area is 620 Å². The van der Waals surface area contributed by atoms with E-state index in [0.717, 1.165) is 236 Å². The van der Waals surface area contributed by atoms with Crippen molar-refractivity contribution in [2.45, 2.75) is 231 Å². The van der Waals surface area contributed by atoms with Crippen molar-refractivity contribution in [2.75, 3.05) is 236 Å². The highest BCUT2D eigenvalue weighted by Crippen LogP contribution is 2.77. The highest BCUT2D eigenvalue weighted by molar-refractivity contribution is 7.65. The number of nitrogens with zero attached hydrogens (tertiary/aromatic N) is 18. The molecule has 0 N–H and O–H groups in total. The van der Waals surface area contributed by atoms with Crippen LogP contribution >= 0.6 is 48.2 Å². The summed E-state index contributed by atoms with van der Waals surface area (Å²) in [5.41, 5.74) is 0. The fourth-order valence-corrected chi connectivity index (χ4v) is 41.1. The van der Waals surface area contributed by atoms with E-state index >= 15 is 25.2 Å². The van der Waals surface area contributed by atoms with Gasteiger partial charge in [0, 0.05) is 261 Å². The Bertz CT molecular complexity index is 1720. The zero-order chi connectivity index (χ0) is 70.3. The van der Waals surface area contributed by atoms with Crippen LogP contribution in [0, 0.1) is 0 Å². The zero-order valence-corrected chi connectivity index (χ0v) is 69.3. The molecule has 18 fully saturated rings. The molecule has 102 heavy (non-hydrogen) atoms. The van der Waals surface area contributed by atoms with Crippen LogP contribution < -0.4 is 0 Å². The Morgan fingerprint density at radius 3 is 0.167 bits per heavy atom. The summed E-state index contributed by atoms with van der Waals surface area (Å²) in [7, 11) is -15.7. The lowest BCUT2D eigenvalue weighted by Gasteiger charge is -2.35. The van der Waals surface area contributed by atoms with Gasteiger partial charge in [-0.25, -0.2) is 0 Å². The summed E-state index contributed by atoms with van der Waals surface area (Å²) in [6.07, 6.45) is 42.8. The summed E-state index contributed by atoms with van der Waals surface area (Å²) in [6.45, 7) is 35.4. The molecule has 0 aromatic rings. The lowest BCUT2D eigenvalue weighted by molar-refractivity contribution is 0.328. The van der Waals surface area contributed by atoms with Crippen LogP contribution in [-0.4, -0.2) is 320 Å². The Kier molecular flexibility index (Phi) is 31.5. The van der Waals surface area contributed by atoms with Gasteiger partial charge in [-0.1, -0.05) is 0 Å².